The Morgan fingerprint density at radius 2 is 2.00 bits per heavy atom. The van der Waals surface area contributed by atoms with Crippen LogP contribution in [0.2, 0.25) is 0 Å². The van der Waals surface area contributed by atoms with Gasteiger partial charge in [-0.25, -0.2) is 8.42 Å². The molecule has 18 heavy (non-hydrogen) atoms. The highest BCUT2D eigenvalue weighted by molar-refractivity contribution is 7.91. The number of nitrogens with zero attached hydrogens (tertiary/aromatic N) is 1. The van der Waals surface area contributed by atoms with E-state index in [9.17, 15) is 8.42 Å². The first-order valence-corrected chi connectivity index (χ1v) is 7.84. The van der Waals surface area contributed by atoms with Gasteiger partial charge in [-0.1, -0.05) is 17.7 Å². The van der Waals surface area contributed by atoms with Crippen LogP contribution >= 0.6 is 0 Å². The van der Waals surface area contributed by atoms with Crippen molar-refractivity contribution in [2.45, 2.75) is 17.9 Å². The second-order valence-electron chi connectivity index (χ2n) is 5.01. The Morgan fingerprint density at radius 3 is 2.61 bits per heavy atom. The lowest BCUT2D eigenvalue weighted by molar-refractivity contribution is 0.249. The Hall–Kier alpha value is -0.910. The number of rotatable bonds is 3. The Morgan fingerprint density at radius 1 is 1.33 bits per heavy atom. The van der Waals surface area contributed by atoms with E-state index in [0.717, 1.165) is 25.2 Å². The molecule has 5 heteroatoms. The summed E-state index contributed by atoms with van der Waals surface area (Å²) in [5, 5.41) is 3.27. The zero-order valence-corrected chi connectivity index (χ0v) is 11.7. The van der Waals surface area contributed by atoms with Gasteiger partial charge in [0.05, 0.1) is 10.6 Å². The summed E-state index contributed by atoms with van der Waals surface area (Å²) in [5.41, 5.74) is 1.07. The van der Waals surface area contributed by atoms with E-state index in [0.29, 0.717) is 4.90 Å². The van der Waals surface area contributed by atoms with Crippen molar-refractivity contribution in [3.05, 3.63) is 29.8 Å². The summed E-state index contributed by atoms with van der Waals surface area (Å²) in [4.78, 5) is 2.58. The molecule has 1 unspecified atom stereocenters. The molecule has 1 aliphatic rings. The minimum absolute atomic E-state index is 0.0232. The Kier molecular flexibility index (Phi) is 4.04. The van der Waals surface area contributed by atoms with Crippen LogP contribution in [0.3, 0.4) is 0 Å². The molecule has 0 aromatic heterocycles. The molecule has 0 radical (unpaired) electrons. The molecule has 1 heterocycles. The molecule has 2 rings (SSSR count). The third kappa shape index (κ3) is 3.31. The van der Waals surface area contributed by atoms with Gasteiger partial charge in [0.15, 0.2) is 9.84 Å². The van der Waals surface area contributed by atoms with Crippen LogP contribution in [-0.2, 0) is 9.84 Å². The first kappa shape index (κ1) is 13.5. The van der Waals surface area contributed by atoms with Crippen LogP contribution in [0.4, 0.5) is 0 Å². The molecular weight excluding hydrogens is 248 g/mol. The minimum atomic E-state index is -3.19. The first-order valence-electron chi connectivity index (χ1n) is 6.19. The molecule has 1 aromatic rings. The fourth-order valence-corrected chi connectivity index (χ4v) is 3.71. The number of nitrogens with one attached hydrogen (secondary N) is 1. The third-order valence-electron chi connectivity index (χ3n) is 3.26. The monoisotopic (exact) mass is 268 g/mol. The van der Waals surface area contributed by atoms with E-state index < -0.39 is 9.84 Å². The summed E-state index contributed by atoms with van der Waals surface area (Å²) in [6.45, 7) is 4.56. The van der Waals surface area contributed by atoms with Crippen molar-refractivity contribution in [2.75, 3.05) is 32.4 Å². The van der Waals surface area contributed by atoms with Gasteiger partial charge in [-0.3, -0.25) is 0 Å². The number of aryl methyl sites for hydroxylation is 1. The second kappa shape index (κ2) is 5.38. The van der Waals surface area contributed by atoms with Crippen molar-refractivity contribution in [3.63, 3.8) is 0 Å². The minimum Gasteiger partial charge on any atom is -0.310 e. The molecule has 1 N–H and O–H groups in total. The first-order chi connectivity index (χ1) is 8.47. The standard InChI is InChI=1S/C13H20N2O2S/c1-11-3-5-13(6-4-11)18(16,17)10-12-9-15(2)8-7-14-12/h3-6,12,14H,7-10H2,1-2H3. The summed E-state index contributed by atoms with van der Waals surface area (Å²) in [7, 11) is -1.17. The smallest absolute Gasteiger partial charge is 0.179 e. The van der Waals surface area contributed by atoms with Gasteiger partial charge in [0.1, 0.15) is 0 Å². The van der Waals surface area contributed by atoms with Gasteiger partial charge in [-0.05, 0) is 26.1 Å². The van der Waals surface area contributed by atoms with Gasteiger partial charge < -0.3 is 10.2 Å². The lowest BCUT2D eigenvalue weighted by atomic mass is 10.2. The Balaban J connectivity index is 2.09. The van der Waals surface area contributed by atoms with Crippen LogP contribution in [0, 0.1) is 6.92 Å². The normalized spacial score (nSPS) is 22.0. The van der Waals surface area contributed by atoms with E-state index in [1.165, 1.54) is 0 Å². The SMILES string of the molecule is Cc1ccc(S(=O)(=O)CC2CN(C)CCN2)cc1. The number of hydrogen-bond donors (Lipinski definition) is 1. The summed E-state index contributed by atoms with van der Waals surface area (Å²) in [6, 6.07) is 7.09. The fraction of sp³-hybridized carbons (Fsp3) is 0.538. The van der Waals surface area contributed by atoms with Gasteiger partial charge in [-0.15, -0.1) is 0 Å². The van der Waals surface area contributed by atoms with Crippen LogP contribution in [0.15, 0.2) is 29.2 Å². The maximum atomic E-state index is 12.3. The average Bonchev–Trinajstić information content (AvgIpc) is 2.29. The Labute approximate surface area is 109 Å². The van der Waals surface area contributed by atoms with E-state index in [1.807, 2.05) is 26.1 Å². The highest BCUT2D eigenvalue weighted by atomic mass is 32.2. The number of sulfone groups is 1. The van der Waals surface area contributed by atoms with Crippen LogP contribution < -0.4 is 5.32 Å². The average molecular weight is 268 g/mol. The summed E-state index contributed by atoms with van der Waals surface area (Å²) >= 11 is 0. The predicted molar refractivity (Wildman–Crippen MR) is 72.5 cm³/mol. The van der Waals surface area contributed by atoms with Crippen LogP contribution in [0.25, 0.3) is 0 Å². The van der Waals surface area contributed by atoms with Gasteiger partial charge >= 0.3 is 0 Å². The fourth-order valence-electron chi connectivity index (χ4n) is 2.21. The molecule has 1 aliphatic heterocycles. The molecule has 0 amide bonds. The number of likely N-dealkylation sites (N-methyl/N-ethyl adjacent to an activating group) is 1. The van der Waals surface area contributed by atoms with Crippen LogP contribution in [0.1, 0.15) is 5.56 Å². The van der Waals surface area contributed by atoms with Crippen LogP contribution in [-0.4, -0.2) is 51.8 Å². The second-order valence-corrected chi connectivity index (χ2v) is 7.04. The lowest BCUT2D eigenvalue weighted by Crippen LogP contribution is -2.51. The van der Waals surface area contributed by atoms with Gasteiger partial charge in [0.2, 0.25) is 0 Å². The third-order valence-corrected chi connectivity index (χ3v) is 5.09. The van der Waals surface area contributed by atoms with Gasteiger partial charge in [0.25, 0.3) is 0 Å². The lowest BCUT2D eigenvalue weighted by Gasteiger charge is -2.30. The highest BCUT2D eigenvalue weighted by Crippen LogP contribution is 2.14. The van der Waals surface area contributed by atoms with E-state index in [4.69, 9.17) is 0 Å². The molecule has 0 spiro atoms. The van der Waals surface area contributed by atoms with Crippen molar-refractivity contribution in [1.29, 1.82) is 0 Å². The molecule has 4 nitrogen and oxygen atoms in total. The topological polar surface area (TPSA) is 49.4 Å². The summed E-state index contributed by atoms with van der Waals surface area (Å²) in [6.07, 6.45) is 0. The van der Waals surface area contributed by atoms with Crippen LogP contribution in [0.5, 0.6) is 0 Å². The Bertz CT molecular complexity index is 496. The molecular formula is C13H20N2O2S. The molecule has 1 fully saturated rings. The number of piperazine rings is 1. The molecule has 0 saturated carbocycles. The molecule has 0 bridgehead atoms. The number of benzene rings is 1. The molecule has 1 aromatic carbocycles. The van der Waals surface area contributed by atoms with Crippen molar-refractivity contribution >= 4 is 9.84 Å². The van der Waals surface area contributed by atoms with Gasteiger partial charge in [-0.2, -0.15) is 0 Å². The van der Waals surface area contributed by atoms with Crippen molar-refractivity contribution in [3.8, 4) is 0 Å². The molecule has 1 atom stereocenters. The van der Waals surface area contributed by atoms with E-state index in [1.54, 1.807) is 12.1 Å². The van der Waals surface area contributed by atoms with E-state index >= 15 is 0 Å². The van der Waals surface area contributed by atoms with Crippen molar-refractivity contribution < 1.29 is 8.42 Å². The summed E-state index contributed by atoms with van der Waals surface area (Å²) < 4.78 is 24.5. The molecule has 0 aliphatic carbocycles. The quantitative estimate of drug-likeness (QED) is 0.875. The number of hydrogen-bond acceptors (Lipinski definition) is 4. The zero-order valence-electron chi connectivity index (χ0n) is 10.9. The molecule has 100 valence electrons. The van der Waals surface area contributed by atoms with Gasteiger partial charge in [0, 0.05) is 25.7 Å². The highest BCUT2D eigenvalue weighted by Gasteiger charge is 2.24. The maximum Gasteiger partial charge on any atom is 0.179 e. The van der Waals surface area contributed by atoms with E-state index in [-0.39, 0.29) is 11.8 Å². The zero-order chi connectivity index (χ0) is 13.2. The predicted octanol–water partition coefficient (Wildman–Crippen LogP) is 0.672. The van der Waals surface area contributed by atoms with Crippen molar-refractivity contribution in [1.82, 2.24) is 10.2 Å². The summed E-state index contributed by atoms with van der Waals surface area (Å²) in [5.74, 6) is 0.167. The molecule has 1 saturated heterocycles. The van der Waals surface area contributed by atoms with Crippen molar-refractivity contribution in [2.24, 2.45) is 0 Å². The largest absolute Gasteiger partial charge is 0.310 e. The van der Waals surface area contributed by atoms with E-state index in [2.05, 4.69) is 10.2 Å². The maximum absolute atomic E-state index is 12.3.